The Hall–Kier alpha value is -2.43. The number of aryl methyl sites for hydroxylation is 1. The molecule has 0 aliphatic rings. The lowest BCUT2D eigenvalue weighted by Crippen LogP contribution is -2.24. The molecule has 2 aromatic carbocycles. The van der Waals surface area contributed by atoms with Crippen molar-refractivity contribution in [1.29, 1.82) is 0 Å². The number of benzene rings is 2. The molecule has 4 heteroatoms. The second-order valence-electron chi connectivity index (χ2n) is 5.80. The van der Waals surface area contributed by atoms with E-state index in [1.807, 2.05) is 47.3 Å². The number of aliphatic hydroxyl groups excluding tert-OH is 1. The van der Waals surface area contributed by atoms with Crippen LogP contribution in [0.3, 0.4) is 0 Å². The lowest BCUT2D eigenvalue weighted by atomic mass is 10.0. The molecule has 0 fully saturated rings. The predicted molar refractivity (Wildman–Crippen MR) is 96.1 cm³/mol. The van der Waals surface area contributed by atoms with Gasteiger partial charge in [0.05, 0.1) is 24.0 Å². The second kappa shape index (κ2) is 7.90. The van der Waals surface area contributed by atoms with Crippen LogP contribution in [-0.4, -0.2) is 21.5 Å². The summed E-state index contributed by atoms with van der Waals surface area (Å²) in [5.41, 5.74) is 4.38. The molecule has 2 N–H and O–H groups in total. The van der Waals surface area contributed by atoms with Gasteiger partial charge in [0.2, 0.25) is 0 Å². The third kappa shape index (κ3) is 3.91. The number of para-hydroxylation sites is 1. The van der Waals surface area contributed by atoms with Crippen molar-refractivity contribution in [3.63, 3.8) is 0 Å². The summed E-state index contributed by atoms with van der Waals surface area (Å²) in [6.07, 6.45) is 2.98. The molecule has 0 aliphatic heterocycles. The molecule has 3 rings (SSSR count). The quantitative estimate of drug-likeness (QED) is 0.702. The molecular weight excluding hydrogens is 298 g/mol. The van der Waals surface area contributed by atoms with Gasteiger partial charge in [0.1, 0.15) is 0 Å². The highest BCUT2D eigenvalue weighted by Crippen LogP contribution is 2.15. The van der Waals surface area contributed by atoms with Crippen LogP contribution >= 0.6 is 0 Å². The van der Waals surface area contributed by atoms with Gasteiger partial charge < -0.3 is 10.4 Å². The van der Waals surface area contributed by atoms with Crippen molar-refractivity contribution in [1.82, 2.24) is 15.1 Å². The van der Waals surface area contributed by atoms with E-state index in [1.165, 1.54) is 5.56 Å². The van der Waals surface area contributed by atoms with Gasteiger partial charge in [-0.15, -0.1) is 0 Å². The fraction of sp³-hybridized carbons (Fsp3) is 0.250. The Morgan fingerprint density at radius 1 is 1.04 bits per heavy atom. The summed E-state index contributed by atoms with van der Waals surface area (Å²) in [4.78, 5) is 0. The van der Waals surface area contributed by atoms with Gasteiger partial charge in [-0.05, 0) is 35.7 Å². The van der Waals surface area contributed by atoms with Crippen molar-refractivity contribution >= 4 is 0 Å². The largest absolute Gasteiger partial charge is 0.394 e. The van der Waals surface area contributed by atoms with Crippen LogP contribution in [0.25, 0.3) is 5.69 Å². The smallest absolute Gasteiger partial charge is 0.0767 e. The van der Waals surface area contributed by atoms with E-state index in [0.717, 1.165) is 23.4 Å². The van der Waals surface area contributed by atoms with Crippen LogP contribution in [-0.2, 0) is 13.0 Å². The molecule has 1 unspecified atom stereocenters. The molecule has 0 bridgehead atoms. The van der Waals surface area contributed by atoms with E-state index in [0.29, 0.717) is 6.54 Å². The number of nitrogens with one attached hydrogen (secondary N) is 1. The van der Waals surface area contributed by atoms with Gasteiger partial charge in [-0.1, -0.05) is 49.4 Å². The number of aliphatic hydroxyl groups is 1. The number of aromatic nitrogens is 2. The Morgan fingerprint density at radius 3 is 2.46 bits per heavy atom. The van der Waals surface area contributed by atoms with Gasteiger partial charge in [-0.2, -0.15) is 5.10 Å². The molecule has 1 heterocycles. The number of rotatable bonds is 7. The van der Waals surface area contributed by atoms with Crippen molar-refractivity contribution < 1.29 is 5.11 Å². The Bertz CT molecular complexity index is 750. The first-order valence-corrected chi connectivity index (χ1v) is 8.33. The average Bonchev–Trinajstić information content (AvgIpc) is 3.12. The van der Waals surface area contributed by atoms with E-state index in [-0.39, 0.29) is 12.6 Å². The van der Waals surface area contributed by atoms with E-state index in [9.17, 15) is 5.11 Å². The van der Waals surface area contributed by atoms with Gasteiger partial charge in [0.15, 0.2) is 0 Å². The maximum atomic E-state index is 9.68. The lowest BCUT2D eigenvalue weighted by molar-refractivity contribution is 0.243. The SMILES string of the molecule is CCc1ccc(C(CO)NCc2ccn(-c3ccccc3)n2)cc1. The van der Waals surface area contributed by atoms with Crippen LogP contribution in [0.5, 0.6) is 0 Å². The predicted octanol–water partition coefficient (Wildman–Crippen LogP) is 3.26. The summed E-state index contributed by atoms with van der Waals surface area (Å²) < 4.78 is 1.86. The minimum atomic E-state index is -0.0854. The molecule has 0 aliphatic carbocycles. The minimum absolute atomic E-state index is 0.0604. The number of nitrogens with zero attached hydrogens (tertiary/aromatic N) is 2. The van der Waals surface area contributed by atoms with E-state index in [4.69, 9.17) is 0 Å². The highest BCUT2D eigenvalue weighted by Gasteiger charge is 2.10. The van der Waals surface area contributed by atoms with Gasteiger partial charge in [-0.3, -0.25) is 0 Å². The molecule has 3 aromatic rings. The molecule has 4 nitrogen and oxygen atoms in total. The third-order valence-corrected chi connectivity index (χ3v) is 4.17. The fourth-order valence-electron chi connectivity index (χ4n) is 2.68. The van der Waals surface area contributed by atoms with Crippen molar-refractivity contribution in [2.75, 3.05) is 6.61 Å². The molecule has 0 amide bonds. The molecule has 0 saturated carbocycles. The molecule has 1 aromatic heterocycles. The summed E-state index contributed by atoms with van der Waals surface area (Å²) in [6.45, 7) is 2.81. The maximum absolute atomic E-state index is 9.68. The summed E-state index contributed by atoms with van der Waals surface area (Å²) in [6, 6.07) is 20.3. The molecular formula is C20H23N3O. The Morgan fingerprint density at radius 2 is 1.79 bits per heavy atom. The first kappa shape index (κ1) is 16.4. The molecule has 0 saturated heterocycles. The van der Waals surface area contributed by atoms with Crippen LogP contribution in [0.1, 0.15) is 29.8 Å². The van der Waals surface area contributed by atoms with Crippen LogP contribution in [0.15, 0.2) is 66.9 Å². The first-order chi connectivity index (χ1) is 11.8. The van der Waals surface area contributed by atoms with Crippen molar-refractivity contribution in [3.8, 4) is 5.69 Å². The molecule has 24 heavy (non-hydrogen) atoms. The third-order valence-electron chi connectivity index (χ3n) is 4.17. The maximum Gasteiger partial charge on any atom is 0.0767 e. The van der Waals surface area contributed by atoms with E-state index in [1.54, 1.807) is 0 Å². The van der Waals surface area contributed by atoms with Crippen molar-refractivity contribution in [2.24, 2.45) is 0 Å². The zero-order chi connectivity index (χ0) is 16.8. The first-order valence-electron chi connectivity index (χ1n) is 8.33. The topological polar surface area (TPSA) is 50.1 Å². The van der Waals surface area contributed by atoms with Gasteiger partial charge >= 0.3 is 0 Å². The summed E-state index contributed by atoms with van der Waals surface area (Å²) >= 11 is 0. The van der Waals surface area contributed by atoms with E-state index >= 15 is 0 Å². The van der Waals surface area contributed by atoms with Crippen molar-refractivity contribution in [3.05, 3.63) is 83.7 Å². The van der Waals surface area contributed by atoms with Crippen LogP contribution < -0.4 is 5.32 Å². The normalized spacial score (nSPS) is 12.2. The van der Waals surface area contributed by atoms with Gasteiger partial charge in [0.25, 0.3) is 0 Å². The summed E-state index contributed by atoms with van der Waals surface area (Å²) in [5.74, 6) is 0. The number of hydrogen-bond acceptors (Lipinski definition) is 3. The zero-order valence-corrected chi connectivity index (χ0v) is 13.9. The van der Waals surface area contributed by atoms with Crippen molar-refractivity contribution in [2.45, 2.75) is 25.9 Å². The lowest BCUT2D eigenvalue weighted by Gasteiger charge is -2.16. The number of hydrogen-bond donors (Lipinski definition) is 2. The average molecular weight is 321 g/mol. The highest BCUT2D eigenvalue weighted by molar-refractivity contribution is 5.30. The Balaban J connectivity index is 1.64. The monoisotopic (exact) mass is 321 g/mol. The Kier molecular flexibility index (Phi) is 5.41. The van der Waals surface area contributed by atoms with Gasteiger partial charge in [-0.25, -0.2) is 4.68 Å². The van der Waals surface area contributed by atoms with Crippen LogP contribution in [0.2, 0.25) is 0 Å². The van der Waals surface area contributed by atoms with E-state index in [2.05, 4.69) is 41.6 Å². The summed E-state index contributed by atoms with van der Waals surface area (Å²) in [5, 5.41) is 17.6. The van der Waals surface area contributed by atoms with Gasteiger partial charge in [0, 0.05) is 12.7 Å². The van der Waals surface area contributed by atoms with Crippen LogP contribution in [0, 0.1) is 0 Å². The molecule has 124 valence electrons. The molecule has 1 atom stereocenters. The molecule has 0 spiro atoms. The highest BCUT2D eigenvalue weighted by atomic mass is 16.3. The second-order valence-corrected chi connectivity index (χ2v) is 5.80. The van der Waals surface area contributed by atoms with Crippen LogP contribution in [0.4, 0.5) is 0 Å². The minimum Gasteiger partial charge on any atom is -0.394 e. The fourth-order valence-corrected chi connectivity index (χ4v) is 2.68. The molecule has 0 radical (unpaired) electrons. The van der Waals surface area contributed by atoms with E-state index < -0.39 is 0 Å². The Labute approximate surface area is 142 Å². The zero-order valence-electron chi connectivity index (χ0n) is 13.9. The summed E-state index contributed by atoms with van der Waals surface area (Å²) in [7, 11) is 0. The standard InChI is InChI=1S/C20H23N3O/c1-2-16-8-10-17(11-9-16)20(15-24)21-14-18-12-13-23(22-18)19-6-4-3-5-7-19/h3-13,20-21,24H,2,14-15H2,1H3.